The van der Waals surface area contributed by atoms with E-state index in [1.807, 2.05) is 26.0 Å². The second-order valence-corrected chi connectivity index (χ2v) is 12.7. The minimum absolute atomic E-state index is 0.0729. The lowest BCUT2D eigenvalue weighted by Crippen LogP contribution is -2.47. The summed E-state index contributed by atoms with van der Waals surface area (Å²) in [7, 11) is 1.38. The van der Waals surface area contributed by atoms with E-state index in [4.69, 9.17) is 4.74 Å². The van der Waals surface area contributed by atoms with E-state index in [1.54, 1.807) is 30.1 Å². The second kappa shape index (κ2) is 13.1. The van der Waals surface area contributed by atoms with Gasteiger partial charge >= 0.3 is 6.18 Å². The molecule has 1 aliphatic heterocycles. The number of likely N-dealkylation sites (tertiary alicyclic amines) is 1. The molecule has 4 heterocycles. The fourth-order valence-corrected chi connectivity index (χ4v) is 6.78. The number of hydrogen-bond acceptors (Lipinski definition) is 7. The molecule has 2 amide bonds. The zero-order chi connectivity index (χ0) is 33.5. The summed E-state index contributed by atoms with van der Waals surface area (Å²) in [6.45, 7) is 6.81. The van der Waals surface area contributed by atoms with E-state index >= 15 is 0 Å². The topological polar surface area (TPSA) is 119 Å². The molecule has 0 saturated carbocycles. The number of aryl methyl sites for hydroxylation is 2. The summed E-state index contributed by atoms with van der Waals surface area (Å²) in [5.41, 5.74) is 2.68. The molecule has 1 fully saturated rings. The van der Waals surface area contributed by atoms with E-state index in [0.717, 1.165) is 22.8 Å². The van der Waals surface area contributed by atoms with Crippen LogP contribution in [0.3, 0.4) is 0 Å². The highest BCUT2D eigenvalue weighted by atomic mass is 127. The molecule has 1 aliphatic rings. The predicted molar refractivity (Wildman–Crippen MR) is 173 cm³/mol. The summed E-state index contributed by atoms with van der Waals surface area (Å²) in [6.07, 6.45) is 0.658. The quantitative estimate of drug-likeness (QED) is 0.1000. The molecular weight excluding hydrogens is 716 g/mol. The molecule has 46 heavy (non-hydrogen) atoms. The molecule has 0 bridgehead atoms. The van der Waals surface area contributed by atoms with Crippen molar-refractivity contribution in [1.82, 2.24) is 24.4 Å². The number of ether oxygens (including phenoxy) is 1. The molecule has 1 saturated heterocycles. The van der Waals surface area contributed by atoms with E-state index < -0.39 is 23.8 Å². The highest BCUT2D eigenvalue weighted by molar-refractivity contribution is 14.1. The molecule has 0 unspecified atom stereocenters. The fraction of sp³-hybridized carbons (Fsp3) is 0.375. The van der Waals surface area contributed by atoms with Crippen molar-refractivity contribution in [3.8, 4) is 11.1 Å². The van der Waals surface area contributed by atoms with Gasteiger partial charge in [-0.3, -0.25) is 14.4 Å². The van der Waals surface area contributed by atoms with Crippen LogP contribution in [0.25, 0.3) is 22.0 Å². The van der Waals surface area contributed by atoms with Crippen LogP contribution in [0.15, 0.2) is 42.9 Å². The molecule has 14 heteroatoms. The molecule has 0 spiro atoms. The number of carbonyl (C=O) groups excluding carboxylic acids is 3. The van der Waals surface area contributed by atoms with Gasteiger partial charge in [0.25, 0.3) is 0 Å². The van der Waals surface area contributed by atoms with Crippen LogP contribution >= 0.6 is 22.6 Å². The van der Waals surface area contributed by atoms with Gasteiger partial charge in [0.05, 0.1) is 16.2 Å². The first-order valence-corrected chi connectivity index (χ1v) is 15.7. The molecule has 4 aromatic rings. The molecule has 10 nitrogen and oxygen atoms in total. The lowest BCUT2D eigenvalue weighted by molar-refractivity contribution is -0.141. The molecule has 3 atom stereocenters. The maximum Gasteiger partial charge on any atom is 0.433 e. The van der Waals surface area contributed by atoms with Crippen molar-refractivity contribution in [2.75, 3.05) is 12.4 Å². The molecule has 0 radical (unpaired) electrons. The molecule has 242 valence electrons. The largest absolute Gasteiger partial charge is 0.433 e. The maximum absolute atomic E-state index is 14.0. The molecule has 1 aromatic carbocycles. The number of fused-ring (bicyclic) bond motifs is 1. The number of Topliss-reactive ketones (excluding diaryl/α,β-unsaturated/α-hetero) is 1. The van der Waals surface area contributed by atoms with Gasteiger partial charge in [0, 0.05) is 47.8 Å². The number of ketones is 1. The van der Waals surface area contributed by atoms with E-state index in [1.165, 1.54) is 25.0 Å². The summed E-state index contributed by atoms with van der Waals surface area (Å²) >= 11 is 2.11. The SMILES string of the molecule is COCc1ccc(C(F)(F)F)nc1NC(=O)[C@@H]1C[C@H](C)[C@@H](I)N1C(=O)Cn1cc(C(C)=O)c2cc(-c3cnc(C)nc3)cc(C)c21. The number of nitrogens with one attached hydrogen (secondary N) is 1. The Morgan fingerprint density at radius 1 is 1.11 bits per heavy atom. The predicted octanol–water partition coefficient (Wildman–Crippen LogP) is 6.11. The Morgan fingerprint density at radius 2 is 1.80 bits per heavy atom. The van der Waals surface area contributed by atoms with Crippen LogP contribution in [0, 0.1) is 19.8 Å². The normalized spacial score (nSPS) is 18.3. The highest BCUT2D eigenvalue weighted by Gasteiger charge is 2.44. The summed E-state index contributed by atoms with van der Waals surface area (Å²) in [5.74, 6) is -0.914. The minimum Gasteiger partial charge on any atom is -0.380 e. The number of benzene rings is 1. The van der Waals surface area contributed by atoms with Crippen molar-refractivity contribution < 1.29 is 32.3 Å². The van der Waals surface area contributed by atoms with E-state index in [2.05, 4.69) is 42.9 Å². The molecular formula is C32H32F3IN6O4. The lowest BCUT2D eigenvalue weighted by atomic mass is 10.0. The van der Waals surface area contributed by atoms with Gasteiger partial charge in [-0.2, -0.15) is 13.2 Å². The van der Waals surface area contributed by atoms with Gasteiger partial charge in [-0.25, -0.2) is 15.0 Å². The van der Waals surface area contributed by atoms with Crippen molar-refractivity contribution in [2.45, 2.75) is 63.5 Å². The number of nitrogens with zero attached hydrogens (tertiary/aromatic N) is 5. The second-order valence-electron chi connectivity index (χ2n) is 11.5. The van der Waals surface area contributed by atoms with Crippen LogP contribution in [-0.4, -0.2) is 59.2 Å². The number of alkyl halides is 4. The van der Waals surface area contributed by atoms with Crippen LogP contribution in [-0.2, 0) is 33.7 Å². The zero-order valence-electron chi connectivity index (χ0n) is 25.8. The average molecular weight is 749 g/mol. The molecule has 5 rings (SSSR count). The Kier molecular flexibility index (Phi) is 9.50. The first-order valence-electron chi connectivity index (χ1n) is 14.4. The van der Waals surface area contributed by atoms with Crippen molar-refractivity contribution in [1.29, 1.82) is 0 Å². The van der Waals surface area contributed by atoms with Gasteiger partial charge in [-0.05, 0) is 62.4 Å². The van der Waals surface area contributed by atoms with E-state index in [9.17, 15) is 27.6 Å². The first kappa shape index (κ1) is 33.4. The number of anilines is 1. The van der Waals surface area contributed by atoms with Gasteiger partial charge in [0.1, 0.15) is 29.9 Å². The third-order valence-corrected chi connectivity index (χ3v) is 9.86. The number of methoxy groups -OCH3 is 1. The summed E-state index contributed by atoms with van der Waals surface area (Å²) in [5, 5.41) is 3.21. The first-order chi connectivity index (χ1) is 21.7. The van der Waals surface area contributed by atoms with Gasteiger partial charge in [0.15, 0.2) is 5.78 Å². The number of rotatable bonds is 8. The summed E-state index contributed by atoms with van der Waals surface area (Å²) in [4.78, 5) is 54.0. The lowest BCUT2D eigenvalue weighted by Gasteiger charge is -2.28. The van der Waals surface area contributed by atoms with Crippen molar-refractivity contribution in [3.05, 3.63) is 71.1 Å². The molecule has 3 aromatic heterocycles. The average Bonchev–Trinajstić information content (AvgIpc) is 3.51. The van der Waals surface area contributed by atoms with E-state index in [0.29, 0.717) is 28.7 Å². The number of halogens is 4. The summed E-state index contributed by atoms with van der Waals surface area (Å²) in [6, 6.07) is 4.90. The van der Waals surface area contributed by atoms with E-state index in [-0.39, 0.29) is 46.2 Å². The minimum atomic E-state index is -4.71. The van der Waals surface area contributed by atoms with Crippen molar-refractivity contribution in [3.63, 3.8) is 0 Å². The standard InChI is InChI=1S/C32H32F3IN6O4/c1-16-8-21(22-11-37-19(4)38-12-22)10-23-24(18(3)43)13-41(28(16)23)14-27(44)42-25(9-17(2)29(42)36)31(45)40-30-20(15-46-5)6-7-26(39-30)32(33,34)35/h6-8,10-13,17,25,29H,9,14-15H2,1-5H3,(H,39,40,45)/t17-,25-,29-/m0/s1. The van der Waals surface area contributed by atoms with Gasteiger partial charge in [-0.1, -0.05) is 35.6 Å². The molecule has 0 aliphatic carbocycles. The van der Waals surface area contributed by atoms with Gasteiger partial charge in [0.2, 0.25) is 11.8 Å². The van der Waals surface area contributed by atoms with Gasteiger partial charge in [-0.15, -0.1) is 0 Å². The Labute approximate surface area is 276 Å². The monoisotopic (exact) mass is 748 g/mol. The number of hydrogen-bond donors (Lipinski definition) is 1. The van der Waals surface area contributed by atoms with Crippen LogP contribution in [0.2, 0.25) is 0 Å². The smallest absolute Gasteiger partial charge is 0.380 e. The Morgan fingerprint density at radius 3 is 2.43 bits per heavy atom. The fourth-order valence-electron chi connectivity index (χ4n) is 5.79. The van der Waals surface area contributed by atoms with Gasteiger partial charge < -0.3 is 19.5 Å². The number of aromatic nitrogens is 4. The van der Waals surface area contributed by atoms with Crippen molar-refractivity contribution in [2.24, 2.45) is 5.92 Å². The Bertz CT molecular complexity index is 1830. The molecule has 1 N–H and O–H groups in total. The number of carbonyl (C=O) groups is 3. The van der Waals surface area contributed by atoms with Crippen LogP contribution in [0.1, 0.15) is 53.3 Å². The third kappa shape index (κ3) is 6.63. The van der Waals surface area contributed by atoms with Crippen LogP contribution in [0.5, 0.6) is 0 Å². The highest BCUT2D eigenvalue weighted by Crippen LogP contribution is 2.37. The Hall–Kier alpha value is -3.92. The van der Waals surface area contributed by atoms with Crippen molar-refractivity contribution >= 4 is 56.9 Å². The zero-order valence-corrected chi connectivity index (χ0v) is 27.9. The van der Waals surface area contributed by atoms with Crippen LogP contribution < -0.4 is 5.32 Å². The Balaban J connectivity index is 1.46. The number of pyridine rings is 1. The summed E-state index contributed by atoms with van der Waals surface area (Å²) < 4.78 is 46.7. The number of amides is 2. The maximum atomic E-state index is 14.0. The van der Waals surface area contributed by atoms with Crippen LogP contribution in [0.4, 0.5) is 19.0 Å². The third-order valence-electron chi connectivity index (χ3n) is 8.03.